The Hall–Kier alpha value is -2.12. The molecule has 7 heteroatoms. The number of likely N-dealkylation sites (tertiary alicyclic amines) is 1. The lowest BCUT2D eigenvalue weighted by Gasteiger charge is -2.38. The molecule has 0 saturated carbocycles. The van der Waals surface area contributed by atoms with Gasteiger partial charge in [-0.1, -0.05) is 6.07 Å². The number of carbonyl (C=O) groups excluding carboxylic acids is 2. The second-order valence-electron chi connectivity index (χ2n) is 6.77. The van der Waals surface area contributed by atoms with Crippen molar-refractivity contribution in [3.05, 3.63) is 23.8 Å². The SMILES string of the molecule is COc1ccc(C)cc1N(CC(=O)N1CCC2(CC1)OCCO2)C(C)=O. The highest BCUT2D eigenvalue weighted by Gasteiger charge is 2.41. The summed E-state index contributed by atoms with van der Waals surface area (Å²) in [5.41, 5.74) is 1.61. The van der Waals surface area contributed by atoms with Crippen LogP contribution in [0.5, 0.6) is 5.75 Å². The fraction of sp³-hybridized carbons (Fsp3) is 0.579. The van der Waals surface area contributed by atoms with E-state index < -0.39 is 5.79 Å². The van der Waals surface area contributed by atoms with Crippen LogP contribution in [0.15, 0.2) is 18.2 Å². The Bertz CT molecular complexity index is 675. The van der Waals surface area contributed by atoms with Gasteiger partial charge in [-0.15, -0.1) is 0 Å². The Morgan fingerprint density at radius 2 is 1.88 bits per heavy atom. The van der Waals surface area contributed by atoms with Gasteiger partial charge in [0.05, 0.1) is 26.0 Å². The monoisotopic (exact) mass is 362 g/mol. The Balaban J connectivity index is 1.70. The van der Waals surface area contributed by atoms with Gasteiger partial charge < -0.3 is 19.1 Å². The van der Waals surface area contributed by atoms with Crippen LogP contribution in [0.25, 0.3) is 0 Å². The van der Waals surface area contributed by atoms with E-state index >= 15 is 0 Å². The summed E-state index contributed by atoms with van der Waals surface area (Å²) < 4.78 is 16.8. The molecule has 2 heterocycles. The lowest BCUT2D eigenvalue weighted by atomic mass is 10.0. The van der Waals surface area contributed by atoms with Crippen molar-refractivity contribution in [3.63, 3.8) is 0 Å². The van der Waals surface area contributed by atoms with Crippen LogP contribution in [-0.4, -0.2) is 62.5 Å². The number of benzene rings is 1. The first kappa shape index (κ1) is 18.7. The van der Waals surface area contributed by atoms with Crippen LogP contribution in [0, 0.1) is 6.92 Å². The molecule has 0 aliphatic carbocycles. The zero-order valence-corrected chi connectivity index (χ0v) is 15.6. The van der Waals surface area contributed by atoms with Crippen molar-refractivity contribution in [1.29, 1.82) is 0 Å². The summed E-state index contributed by atoms with van der Waals surface area (Å²) in [4.78, 5) is 28.2. The zero-order valence-electron chi connectivity index (χ0n) is 15.6. The lowest BCUT2D eigenvalue weighted by Crippen LogP contribution is -2.50. The molecule has 1 spiro atoms. The van der Waals surface area contributed by atoms with E-state index in [1.54, 1.807) is 12.0 Å². The molecule has 2 amide bonds. The van der Waals surface area contributed by atoms with Crippen LogP contribution in [0.2, 0.25) is 0 Å². The molecular formula is C19H26N2O5. The molecule has 0 N–H and O–H groups in total. The average molecular weight is 362 g/mol. The predicted octanol–water partition coefficient (Wildman–Crippen LogP) is 1.72. The highest BCUT2D eigenvalue weighted by molar-refractivity contribution is 5.98. The fourth-order valence-electron chi connectivity index (χ4n) is 3.49. The summed E-state index contributed by atoms with van der Waals surface area (Å²) in [5, 5.41) is 0. The van der Waals surface area contributed by atoms with Gasteiger partial charge in [-0.05, 0) is 24.6 Å². The summed E-state index contributed by atoms with van der Waals surface area (Å²) >= 11 is 0. The van der Waals surface area contributed by atoms with Gasteiger partial charge in [0.1, 0.15) is 12.3 Å². The first-order valence-electron chi connectivity index (χ1n) is 8.92. The maximum absolute atomic E-state index is 12.8. The van der Waals surface area contributed by atoms with Crippen LogP contribution in [0.1, 0.15) is 25.3 Å². The number of anilines is 1. The van der Waals surface area contributed by atoms with Crippen LogP contribution >= 0.6 is 0 Å². The van der Waals surface area contributed by atoms with Crippen molar-refractivity contribution >= 4 is 17.5 Å². The topological polar surface area (TPSA) is 68.3 Å². The van der Waals surface area contributed by atoms with E-state index in [9.17, 15) is 9.59 Å². The number of ether oxygens (including phenoxy) is 3. The molecule has 2 fully saturated rings. The van der Waals surface area contributed by atoms with Gasteiger partial charge in [0.25, 0.3) is 0 Å². The van der Waals surface area contributed by atoms with Crippen LogP contribution in [0.4, 0.5) is 5.69 Å². The number of hydrogen-bond donors (Lipinski definition) is 0. The third kappa shape index (κ3) is 3.83. The van der Waals surface area contributed by atoms with Gasteiger partial charge in [-0.25, -0.2) is 0 Å². The van der Waals surface area contributed by atoms with Gasteiger partial charge in [0.15, 0.2) is 5.79 Å². The summed E-state index contributed by atoms with van der Waals surface area (Å²) in [7, 11) is 1.56. The van der Waals surface area contributed by atoms with Gasteiger partial charge in [0.2, 0.25) is 11.8 Å². The molecule has 2 aliphatic heterocycles. The molecule has 0 aromatic heterocycles. The highest BCUT2D eigenvalue weighted by Crippen LogP contribution is 2.32. The zero-order chi connectivity index (χ0) is 18.7. The minimum absolute atomic E-state index is 0.0101. The molecule has 142 valence electrons. The number of hydrogen-bond acceptors (Lipinski definition) is 5. The first-order chi connectivity index (χ1) is 12.4. The average Bonchev–Trinajstić information content (AvgIpc) is 3.07. The quantitative estimate of drug-likeness (QED) is 0.816. The molecule has 0 bridgehead atoms. The summed E-state index contributed by atoms with van der Waals surface area (Å²) in [6.07, 6.45) is 1.32. The van der Waals surface area contributed by atoms with E-state index in [1.807, 2.05) is 25.1 Å². The third-order valence-corrected chi connectivity index (χ3v) is 4.99. The molecule has 3 rings (SSSR count). The number of rotatable bonds is 4. The molecule has 0 radical (unpaired) electrons. The Morgan fingerprint density at radius 3 is 2.46 bits per heavy atom. The first-order valence-corrected chi connectivity index (χ1v) is 8.92. The largest absolute Gasteiger partial charge is 0.495 e. The summed E-state index contributed by atoms with van der Waals surface area (Å²) in [6.45, 7) is 5.74. The molecule has 26 heavy (non-hydrogen) atoms. The molecule has 1 aromatic carbocycles. The van der Waals surface area contributed by atoms with Crippen LogP contribution in [0.3, 0.4) is 0 Å². The number of methoxy groups -OCH3 is 1. The van der Waals surface area contributed by atoms with Gasteiger partial charge in [-0.3, -0.25) is 14.5 Å². The Morgan fingerprint density at radius 1 is 1.23 bits per heavy atom. The minimum atomic E-state index is -0.517. The third-order valence-electron chi connectivity index (χ3n) is 4.99. The second-order valence-corrected chi connectivity index (χ2v) is 6.77. The van der Waals surface area contributed by atoms with Crippen molar-refractivity contribution in [3.8, 4) is 5.75 Å². The van der Waals surface area contributed by atoms with Crippen molar-refractivity contribution in [2.75, 3.05) is 44.9 Å². The second kappa shape index (κ2) is 7.63. The van der Waals surface area contributed by atoms with E-state index in [-0.39, 0.29) is 18.4 Å². The van der Waals surface area contributed by atoms with E-state index in [0.717, 1.165) is 5.56 Å². The number of nitrogens with zero attached hydrogens (tertiary/aromatic N) is 2. The van der Waals surface area contributed by atoms with Crippen molar-refractivity contribution in [2.24, 2.45) is 0 Å². The standard InChI is InChI=1S/C19H26N2O5/c1-14-4-5-17(24-3)16(12-14)21(15(2)22)13-18(23)20-8-6-19(7-9-20)25-10-11-26-19/h4-5,12H,6-11,13H2,1-3H3. The normalized spacial score (nSPS) is 18.8. The predicted molar refractivity (Wildman–Crippen MR) is 96.2 cm³/mol. The summed E-state index contributed by atoms with van der Waals surface area (Å²) in [5.74, 6) is -0.227. The van der Waals surface area contributed by atoms with E-state index in [4.69, 9.17) is 14.2 Å². The van der Waals surface area contributed by atoms with Gasteiger partial charge in [-0.2, -0.15) is 0 Å². The summed E-state index contributed by atoms with van der Waals surface area (Å²) in [6, 6.07) is 5.58. The molecule has 7 nitrogen and oxygen atoms in total. The molecule has 0 atom stereocenters. The molecule has 0 unspecified atom stereocenters. The maximum Gasteiger partial charge on any atom is 0.242 e. The van der Waals surface area contributed by atoms with Crippen molar-refractivity contribution < 1.29 is 23.8 Å². The van der Waals surface area contributed by atoms with Crippen LogP contribution < -0.4 is 9.64 Å². The van der Waals surface area contributed by atoms with E-state index in [2.05, 4.69) is 0 Å². The number of aryl methyl sites for hydroxylation is 1. The highest BCUT2D eigenvalue weighted by atomic mass is 16.7. The smallest absolute Gasteiger partial charge is 0.242 e. The van der Waals surface area contributed by atoms with Crippen molar-refractivity contribution in [1.82, 2.24) is 4.90 Å². The molecule has 2 saturated heterocycles. The van der Waals surface area contributed by atoms with Crippen LogP contribution in [-0.2, 0) is 19.1 Å². The van der Waals surface area contributed by atoms with Crippen molar-refractivity contribution in [2.45, 2.75) is 32.5 Å². The fourth-order valence-corrected chi connectivity index (χ4v) is 3.49. The van der Waals surface area contributed by atoms with Gasteiger partial charge in [0, 0.05) is 32.9 Å². The molecule has 1 aromatic rings. The number of amides is 2. The molecular weight excluding hydrogens is 336 g/mol. The van der Waals surface area contributed by atoms with Gasteiger partial charge >= 0.3 is 0 Å². The van der Waals surface area contributed by atoms with E-state index in [1.165, 1.54) is 11.8 Å². The number of carbonyl (C=O) groups is 2. The Kier molecular flexibility index (Phi) is 5.48. The lowest BCUT2D eigenvalue weighted by molar-refractivity contribution is -0.187. The maximum atomic E-state index is 12.8. The Labute approximate surface area is 153 Å². The molecule has 2 aliphatic rings. The van der Waals surface area contributed by atoms with E-state index in [0.29, 0.717) is 50.6 Å². The number of piperidine rings is 1. The minimum Gasteiger partial charge on any atom is -0.495 e.